The predicted octanol–water partition coefficient (Wildman–Crippen LogP) is 6.00. The van der Waals surface area contributed by atoms with Crippen molar-refractivity contribution in [1.29, 1.82) is 0 Å². The number of benzene rings is 1. The normalized spacial score (nSPS) is 11.8. The molecule has 0 unspecified atom stereocenters. The van der Waals surface area contributed by atoms with Gasteiger partial charge in [-0.1, -0.05) is 69.6 Å². The van der Waals surface area contributed by atoms with E-state index in [1.807, 2.05) is 0 Å². The number of esters is 1. The lowest BCUT2D eigenvalue weighted by atomic mass is 10.2. The van der Waals surface area contributed by atoms with E-state index >= 15 is 0 Å². The molecule has 0 aliphatic heterocycles. The highest BCUT2D eigenvalue weighted by Gasteiger charge is 2.34. The Hall–Kier alpha value is -1.26. The monoisotopic (exact) mass is 576 g/mol. The number of anilines is 1. The minimum atomic E-state index is -1.98. The molecule has 8 nitrogen and oxygen atoms in total. The van der Waals surface area contributed by atoms with Crippen LogP contribution in [0.25, 0.3) is 11.4 Å². The van der Waals surface area contributed by atoms with Crippen LogP contribution in [0.2, 0.25) is 0 Å². The number of ether oxygens (including phenoxy) is 1. The van der Waals surface area contributed by atoms with Crippen molar-refractivity contribution in [3.05, 3.63) is 48.4 Å². The third-order valence-corrected chi connectivity index (χ3v) is 4.76. The van der Waals surface area contributed by atoms with Crippen LogP contribution in [-0.4, -0.2) is 40.7 Å². The second-order valence-electron chi connectivity index (χ2n) is 6.12. The molecule has 1 aromatic carbocycles. The van der Waals surface area contributed by atoms with E-state index in [1.165, 1.54) is 4.90 Å². The lowest BCUT2D eigenvalue weighted by Gasteiger charge is -2.24. The Bertz CT molecular complexity index is 947. The summed E-state index contributed by atoms with van der Waals surface area (Å²) in [5.41, 5.74) is 1.02. The number of rotatable bonds is 9. The third kappa shape index (κ3) is 8.17. The maximum absolute atomic E-state index is 12.1. The average molecular weight is 579 g/mol. The number of carbonyl (C=O) groups is 1. The molecule has 0 atom stereocenters. The van der Waals surface area contributed by atoms with E-state index in [2.05, 4.69) is 21.5 Å². The number of halogens is 6. The van der Waals surface area contributed by atoms with E-state index in [1.54, 1.807) is 38.1 Å². The number of hydrogen-bond acceptors (Lipinski definition) is 8. The Morgan fingerprint density at radius 3 is 1.94 bits per heavy atom. The standard InChI is InChI=1S/C19H18Cl6N4O4/c1-4-31-14(30)10-29(11(3)33-32-5-2)13-8-6-12(7-9-13)15-26-16(18(20,21)22)28-17(27-15)19(23,24)25/h6-9H,3-5,10H2,1-2H3. The molecule has 14 heteroatoms. The van der Waals surface area contributed by atoms with Gasteiger partial charge in [-0.15, -0.1) is 0 Å². The molecule has 0 saturated carbocycles. The van der Waals surface area contributed by atoms with Crippen molar-refractivity contribution in [3.8, 4) is 11.4 Å². The fourth-order valence-corrected chi connectivity index (χ4v) is 2.89. The van der Waals surface area contributed by atoms with E-state index in [0.717, 1.165) is 0 Å². The van der Waals surface area contributed by atoms with E-state index in [-0.39, 0.29) is 43.1 Å². The summed E-state index contributed by atoms with van der Waals surface area (Å²) in [4.78, 5) is 35.8. The summed E-state index contributed by atoms with van der Waals surface area (Å²) in [5, 5.41) is 0. The Labute approximate surface area is 220 Å². The molecule has 0 amide bonds. The van der Waals surface area contributed by atoms with Crippen LogP contribution in [0.15, 0.2) is 36.7 Å². The van der Waals surface area contributed by atoms with Gasteiger partial charge in [-0.25, -0.2) is 15.0 Å². The molecule has 1 heterocycles. The highest BCUT2D eigenvalue weighted by Crippen LogP contribution is 2.40. The average Bonchev–Trinajstić information content (AvgIpc) is 2.74. The summed E-state index contributed by atoms with van der Waals surface area (Å²) in [6.07, 6.45) is 0. The Balaban J connectivity index is 2.44. The molecule has 0 aliphatic carbocycles. The molecule has 0 saturated heterocycles. The highest BCUT2D eigenvalue weighted by atomic mass is 35.6. The number of nitrogens with zero attached hydrogens (tertiary/aromatic N) is 4. The quantitative estimate of drug-likeness (QED) is 0.118. The van der Waals surface area contributed by atoms with Crippen molar-refractivity contribution >= 4 is 81.3 Å². The van der Waals surface area contributed by atoms with E-state index in [9.17, 15) is 4.79 Å². The molecule has 0 bridgehead atoms. The van der Waals surface area contributed by atoms with Gasteiger partial charge < -0.3 is 9.62 Å². The molecular formula is C19H18Cl6N4O4. The van der Waals surface area contributed by atoms with Crippen LogP contribution in [0.4, 0.5) is 5.69 Å². The summed E-state index contributed by atoms with van der Waals surface area (Å²) in [6, 6.07) is 6.59. The number of alkyl halides is 6. The highest BCUT2D eigenvalue weighted by molar-refractivity contribution is 6.67. The molecule has 0 radical (unpaired) electrons. The van der Waals surface area contributed by atoms with Gasteiger partial charge in [0.1, 0.15) is 6.54 Å². The van der Waals surface area contributed by atoms with Crippen LogP contribution < -0.4 is 4.90 Å². The lowest BCUT2D eigenvalue weighted by molar-refractivity contribution is -0.259. The summed E-state index contributed by atoms with van der Waals surface area (Å²) >= 11 is 35.5. The van der Waals surface area contributed by atoms with Crippen LogP contribution in [0.3, 0.4) is 0 Å². The van der Waals surface area contributed by atoms with Crippen LogP contribution in [-0.2, 0) is 26.9 Å². The van der Waals surface area contributed by atoms with Gasteiger partial charge in [0.2, 0.25) is 13.5 Å². The Kier molecular flexibility index (Phi) is 10.1. The van der Waals surface area contributed by atoms with Crippen molar-refractivity contribution < 1.29 is 19.3 Å². The molecule has 0 fully saturated rings. The maximum Gasteiger partial charge on any atom is 0.326 e. The Morgan fingerprint density at radius 2 is 1.48 bits per heavy atom. The van der Waals surface area contributed by atoms with E-state index < -0.39 is 13.6 Å². The largest absolute Gasteiger partial charge is 0.465 e. The van der Waals surface area contributed by atoms with Crippen molar-refractivity contribution in [1.82, 2.24) is 15.0 Å². The molecule has 1 aromatic heterocycles. The first kappa shape index (κ1) is 28.0. The smallest absolute Gasteiger partial charge is 0.326 e. The van der Waals surface area contributed by atoms with Crippen molar-refractivity contribution in [3.63, 3.8) is 0 Å². The van der Waals surface area contributed by atoms with Gasteiger partial charge in [0.25, 0.3) is 0 Å². The maximum atomic E-state index is 12.1. The van der Waals surface area contributed by atoms with E-state index in [4.69, 9.17) is 84.1 Å². The molecule has 0 N–H and O–H groups in total. The summed E-state index contributed by atoms with van der Waals surface area (Å²) in [5.74, 6) is -0.745. The first-order valence-corrected chi connectivity index (χ1v) is 11.6. The van der Waals surface area contributed by atoms with Crippen LogP contribution >= 0.6 is 69.6 Å². The zero-order valence-electron chi connectivity index (χ0n) is 17.3. The summed E-state index contributed by atoms with van der Waals surface area (Å²) in [6.45, 7) is 7.57. The molecule has 33 heavy (non-hydrogen) atoms. The molecule has 180 valence electrons. The minimum absolute atomic E-state index is 0.0785. The fraction of sp³-hybridized carbons (Fsp3) is 0.368. The van der Waals surface area contributed by atoms with Gasteiger partial charge in [0.15, 0.2) is 17.5 Å². The minimum Gasteiger partial charge on any atom is -0.465 e. The lowest BCUT2D eigenvalue weighted by Crippen LogP contribution is -2.31. The zero-order chi connectivity index (χ0) is 24.8. The zero-order valence-corrected chi connectivity index (χ0v) is 21.9. The topological polar surface area (TPSA) is 86.7 Å². The molecule has 0 aliphatic rings. The summed E-state index contributed by atoms with van der Waals surface area (Å²) in [7, 11) is 0. The van der Waals surface area contributed by atoms with Crippen LogP contribution in [0.5, 0.6) is 0 Å². The van der Waals surface area contributed by atoms with Crippen molar-refractivity contribution in [2.24, 2.45) is 0 Å². The molecule has 2 aromatic rings. The number of aromatic nitrogens is 3. The number of hydrogen-bond donors (Lipinski definition) is 0. The van der Waals surface area contributed by atoms with Crippen molar-refractivity contribution in [2.75, 3.05) is 24.7 Å². The second-order valence-corrected chi connectivity index (χ2v) is 10.7. The van der Waals surface area contributed by atoms with Gasteiger partial charge in [-0.3, -0.25) is 9.69 Å². The Morgan fingerprint density at radius 1 is 0.939 bits per heavy atom. The predicted molar refractivity (Wildman–Crippen MR) is 130 cm³/mol. The van der Waals surface area contributed by atoms with E-state index in [0.29, 0.717) is 11.3 Å². The fourth-order valence-electron chi connectivity index (χ4n) is 2.38. The first-order chi connectivity index (χ1) is 15.4. The second kappa shape index (κ2) is 11.9. The van der Waals surface area contributed by atoms with Gasteiger partial charge in [0.05, 0.1) is 13.2 Å². The van der Waals surface area contributed by atoms with Crippen LogP contribution in [0.1, 0.15) is 25.5 Å². The van der Waals surface area contributed by atoms with Gasteiger partial charge in [-0.2, -0.15) is 4.89 Å². The van der Waals surface area contributed by atoms with Crippen molar-refractivity contribution in [2.45, 2.75) is 21.4 Å². The molecule has 2 rings (SSSR count). The first-order valence-electron chi connectivity index (χ1n) is 9.29. The number of carbonyl (C=O) groups excluding carboxylic acids is 1. The SMILES string of the molecule is C=C(OOCC)N(CC(=O)OCC)c1ccc(-c2nc(C(Cl)(Cl)Cl)nc(C(Cl)(Cl)Cl)n2)cc1. The van der Waals surface area contributed by atoms with Gasteiger partial charge >= 0.3 is 5.97 Å². The van der Waals surface area contributed by atoms with Gasteiger partial charge in [0, 0.05) is 11.3 Å². The summed E-state index contributed by atoms with van der Waals surface area (Å²) < 4.78 is 1.05. The van der Waals surface area contributed by atoms with Gasteiger partial charge in [-0.05, 0) is 44.7 Å². The third-order valence-electron chi connectivity index (χ3n) is 3.75. The molecular weight excluding hydrogens is 561 g/mol. The van der Waals surface area contributed by atoms with Crippen LogP contribution in [0, 0.1) is 0 Å². The molecule has 0 spiro atoms.